The molecule has 0 fully saturated rings. The van der Waals surface area contributed by atoms with E-state index in [-0.39, 0.29) is 5.82 Å². The van der Waals surface area contributed by atoms with Crippen molar-refractivity contribution >= 4 is 0 Å². The molecule has 0 unspecified atom stereocenters. The van der Waals surface area contributed by atoms with E-state index in [1.165, 1.54) is 6.07 Å². The Bertz CT molecular complexity index is 517. The first-order valence-corrected chi connectivity index (χ1v) is 5.11. The van der Waals surface area contributed by atoms with Gasteiger partial charge in [-0.05, 0) is 30.2 Å². The molecule has 2 N–H and O–H groups in total. The van der Waals surface area contributed by atoms with E-state index in [0.29, 0.717) is 12.1 Å². The van der Waals surface area contributed by atoms with E-state index in [1.807, 2.05) is 13.1 Å². The molecule has 2 rings (SSSR count). The molecule has 0 aliphatic carbocycles. The topological polar surface area (TPSA) is 43.8 Å². The summed E-state index contributed by atoms with van der Waals surface area (Å²) in [4.78, 5) is 0. The van der Waals surface area contributed by atoms with Crippen molar-refractivity contribution in [3.63, 3.8) is 0 Å². The summed E-state index contributed by atoms with van der Waals surface area (Å²) in [5.74, 6) is -0.193. The Hall–Kier alpha value is -1.68. The summed E-state index contributed by atoms with van der Waals surface area (Å²) >= 11 is 0. The maximum atomic E-state index is 13.2. The Labute approximate surface area is 93.7 Å². The van der Waals surface area contributed by atoms with Gasteiger partial charge < -0.3 is 5.73 Å². The molecule has 0 radical (unpaired) electrons. The van der Waals surface area contributed by atoms with Gasteiger partial charge in [-0.25, -0.2) is 4.39 Å². The zero-order valence-corrected chi connectivity index (χ0v) is 9.37. The molecule has 84 valence electrons. The zero-order chi connectivity index (χ0) is 11.7. The van der Waals surface area contributed by atoms with E-state index >= 15 is 0 Å². The van der Waals surface area contributed by atoms with Crippen LogP contribution in [-0.4, -0.2) is 9.78 Å². The minimum Gasteiger partial charge on any atom is -0.325 e. The lowest BCUT2D eigenvalue weighted by molar-refractivity contribution is 0.619. The Balaban J connectivity index is 2.54. The van der Waals surface area contributed by atoms with Crippen LogP contribution in [0.2, 0.25) is 0 Å². The highest BCUT2D eigenvalue weighted by Gasteiger charge is 2.10. The van der Waals surface area contributed by atoms with Crippen LogP contribution in [-0.2, 0) is 13.6 Å². The number of hydrogen-bond donors (Lipinski definition) is 1. The van der Waals surface area contributed by atoms with Gasteiger partial charge in [0.25, 0.3) is 0 Å². The average Bonchev–Trinajstić information content (AvgIpc) is 2.63. The summed E-state index contributed by atoms with van der Waals surface area (Å²) < 4.78 is 14.9. The summed E-state index contributed by atoms with van der Waals surface area (Å²) in [6.07, 6.45) is 1.76. The zero-order valence-electron chi connectivity index (χ0n) is 9.37. The van der Waals surface area contributed by atoms with Crippen LogP contribution in [0.4, 0.5) is 4.39 Å². The Kier molecular flexibility index (Phi) is 2.75. The van der Waals surface area contributed by atoms with Crippen molar-refractivity contribution in [3.05, 3.63) is 41.5 Å². The van der Waals surface area contributed by atoms with Crippen molar-refractivity contribution in [1.82, 2.24) is 9.78 Å². The summed E-state index contributed by atoms with van der Waals surface area (Å²) in [6.45, 7) is 2.17. The Morgan fingerprint density at radius 1 is 1.44 bits per heavy atom. The van der Waals surface area contributed by atoms with Gasteiger partial charge in [-0.1, -0.05) is 6.07 Å². The van der Waals surface area contributed by atoms with Gasteiger partial charge >= 0.3 is 0 Å². The Morgan fingerprint density at radius 3 is 2.81 bits per heavy atom. The number of rotatable bonds is 2. The molecule has 0 spiro atoms. The number of nitrogens with two attached hydrogens (primary N) is 1. The quantitative estimate of drug-likeness (QED) is 0.839. The molecule has 4 heteroatoms. The molecule has 0 saturated heterocycles. The van der Waals surface area contributed by atoms with Crippen LogP contribution in [0.1, 0.15) is 11.3 Å². The van der Waals surface area contributed by atoms with Crippen molar-refractivity contribution < 1.29 is 4.39 Å². The first-order valence-electron chi connectivity index (χ1n) is 5.11. The maximum absolute atomic E-state index is 13.2. The maximum Gasteiger partial charge on any atom is 0.126 e. The van der Waals surface area contributed by atoms with Crippen LogP contribution in [0.25, 0.3) is 11.1 Å². The summed E-state index contributed by atoms with van der Waals surface area (Å²) in [5, 5.41) is 4.16. The molecule has 0 atom stereocenters. The van der Waals surface area contributed by atoms with Crippen LogP contribution >= 0.6 is 0 Å². The van der Waals surface area contributed by atoms with Crippen molar-refractivity contribution in [2.45, 2.75) is 13.5 Å². The number of hydrogen-bond acceptors (Lipinski definition) is 2. The lowest BCUT2D eigenvalue weighted by Crippen LogP contribution is -2.05. The first kappa shape index (κ1) is 10.8. The van der Waals surface area contributed by atoms with E-state index in [9.17, 15) is 4.39 Å². The molecule has 1 aromatic carbocycles. The van der Waals surface area contributed by atoms with Crippen molar-refractivity contribution in [2.24, 2.45) is 12.8 Å². The van der Waals surface area contributed by atoms with Gasteiger partial charge in [-0.3, -0.25) is 4.68 Å². The van der Waals surface area contributed by atoms with Crippen LogP contribution < -0.4 is 5.73 Å². The second-order valence-electron chi connectivity index (χ2n) is 3.80. The minimum absolute atomic E-state index is 0.193. The average molecular weight is 219 g/mol. The molecule has 2 aromatic rings. The standard InChI is InChI=1S/C12H14FN3/c1-8-5-9(3-4-11(8)13)10-7-15-16(2)12(10)6-14/h3-5,7H,6,14H2,1-2H3. The van der Waals surface area contributed by atoms with E-state index < -0.39 is 0 Å². The van der Waals surface area contributed by atoms with Gasteiger partial charge in [-0.15, -0.1) is 0 Å². The lowest BCUT2D eigenvalue weighted by Gasteiger charge is -2.05. The molecule has 0 saturated carbocycles. The van der Waals surface area contributed by atoms with Crippen molar-refractivity contribution in [2.75, 3.05) is 0 Å². The minimum atomic E-state index is -0.193. The van der Waals surface area contributed by atoms with Crippen LogP contribution in [0.5, 0.6) is 0 Å². The fraction of sp³-hybridized carbons (Fsp3) is 0.250. The molecule has 0 aliphatic rings. The normalized spacial score (nSPS) is 10.8. The van der Waals surface area contributed by atoms with Crippen LogP contribution in [0, 0.1) is 12.7 Å². The highest BCUT2D eigenvalue weighted by atomic mass is 19.1. The predicted molar refractivity (Wildman–Crippen MR) is 61.2 cm³/mol. The molecule has 0 amide bonds. The number of nitrogens with zero attached hydrogens (tertiary/aromatic N) is 2. The monoisotopic (exact) mass is 219 g/mol. The van der Waals surface area contributed by atoms with E-state index in [2.05, 4.69) is 5.10 Å². The number of benzene rings is 1. The third-order valence-electron chi connectivity index (χ3n) is 2.72. The SMILES string of the molecule is Cc1cc(-c2cnn(C)c2CN)ccc1F. The molecular formula is C12H14FN3. The highest BCUT2D eigenvalue weighted by Crippen LogP contribution is 2.24. The third-order valence-corrected chi connectivity index (χ3v) is 2.72. The molecule has 1 aromatic heterocycles. The number of halogens is 1. The highest BCUT2D eigenvalue weighted by molar-refractivity contribution is 5.66. The molecule has 3 nitrogen and oxygen atoms in total. The van der Waals surface area contributed by atoms with E-state index in [4.69, 9.17) is 5.73 Å². The molecular weight excluding hydrogens is 205 g/mol. The molecule has 1 heterocycles. The lowest BCUT2D eigenvalue weighted by atomic mass is 10.0. The van der Waals surface area contributed by atoms with Crippen molar-refractivity contribution in [3.8, 4) is 11.1 Å². The fourth-order valence-corrected chi connectivity index (χ4v) is 1.76. The third kappa shape index (κ3) is 1.72. The molecule has 0 bridgehead atoms. The fourth-order valence-electron chi connectivity index (χ4n) is 1.76. The summed E-state index contributed by atoms with van der Waals surface area (Å²) in [6, 6.07) is 5.03. The second-order valence-corrected chi connectivity index (χ2v) is 3.80. The first-order chi connectivity index (χ1) is 7.63. The van der Waals surface area contributed by atoms with Gasteiger partial charge in [0.1, 0.15) is 5.82 Å². The number of aryl methyl sites for hydroxylation is 2. The van der Waals surface area contributed by atoms with Gasteiger partial charge in [0.2, 0.25) is 0 Å². The van der Waals surface area contributed by atoms with Crippen LogP contribution in [0.15, 0.2) is 24.4 Å². The number of aromatic nitrogens is 2. The van der Waals surface area contributed by atoms with Gasteiger partial charge in [-0.2, -0.15) is 5.10 Å². The van der Waals surface area contributed by atoms with Gasteiger partial charge in [0.15, 0.2) is 0 Å². The van der Waals surface area contributed by atoms with E-state index in [1.54, 1.807) is 23.9 Å². The van der Waals surface area contributed by atoms with Gasteiger partial charge in [0.05, 0.1) is 11.9 Å². The smallest absolute Gasteiger partial charge is 0.126 e. The largest absolute Gasteiger partial charge is 0.325 e. The predicted octanol–water partition coefficient (Wildman–Crippen LogP) is 1.99. The molecule has 0 aliphatic heterocycles. The summed E-state index contributed by atoms with van der Waals surface area (Å²) in [7, 11) is 1.85. The Morgan fingerprint density at radius 2 is 2.19 bits per heavy atom. The van der Waals surface area contributed by atoms with Crippen LogP contribution in [0.3, 0.4) is 0 Å². The van der Waals surface area contributed by atoms with Crippen molar-refractivity contribution in [1.29, 1.82) is 0 Å². The second kappa shape index (κ2) is 4.06. The van der Waals surface area contributed by atoms with Gasteiger partial charge in [0, 0.05) is 19.2 Å². The molecule has 16 heavy (non-hydrogen) atoms. The summed E-state index contributed by atoms with van der Waals surface area (Å²) in [5.41, 5.74) is 9.16. The van der Waals surface area contributed by atoms with E-state index in [0.717, 1.165) is 16.8 Å².